The van der Waals surface area contributed by atoms with E-state index in [-0.39, 0.29) is 31.1 Å². The van der Waals surface area contributed by atoms with Crippen molar-refractivity contribution in [1.29, 1.82) is 0 Å². The lowest BCUT2D eigenvalue weighted by molar-refractivity contribution is -0.167. The van der Waals surface area contributed by atoms with Gasteiger partial charge in [0.1, 0.15) is 13.2 Å². The summed E-state index contributed by atoms with van der Waals surface area (Å²) in [4.78, 5) is 38.1. The van der Waals surface area contributed by atoms with Gasteiger partial charge in [-0.05, 0) is 70.6 Å². The van der Waals surface area contributed by atoms with Gasteiger partial charge in [-0.25, -0.2) is 0 Å². The Morgan fingerprint density at radius 2 is 0.586 bits per heavy atom. The van der Waals surface area contributed by atoms with Gasteiger partial charge in [-0.2, -0.15) is 0 Å². The Labute approximate surface area is 435 Å². The highest BCUT2D eigenvalue weighted by molar-refractivity contribution is 5.71. The molecule has 0 heterocycles. The molecule has 0 rings (SSSR count). The molecule has 6 nitrogen and oxygen atoms in total. The van der Waals surface area contributed by atoms with Gasteiger partial charge < -0.3 is 14.2 Å². The monoisotopic (exact) mass is 981 g/mol. The van der Waals surface area contributed by atoms with E-state index in [1.54, 1.807) is 0 Å². The van der Waals surface area contributed by atoms with Crippen LogP contribution in [0.15, 0.2) is 48.6 Å². The van der Waals surface area contributed by atoms with E-state index in [9.17, 15) is 14.4 Å². The van der Waals surface area contributed by atoms with Gasteiger partial charge in [-0.1, -0.05) is 281 Å². The van der Waals surface area contributed by atoms with E-state index >= 15 is 0 Å². The zero-order valence-corrected chi connectivity index (χ0v) is 46.8. The molecule has 0 aliphatic carbocycles. The molecule has 0 N–H and O–H groups in total. The van der Waals surface area contributed by atoms with E-state index in [0.29, 0.717) is 19.3 Å². The van der Waals surface area contributed by atoms with Gasteiger partial charge in [0.05, 0.1) is 0 Å². The Morgan fingerprint density at radius 1 is 0.300 bits per heavy atom. The number of esters is 3. The number of rotatable bonds is 56. The fourth-order valence-electron chi connectivity index (χ4n) is 8.99. The van der Waals surface area contributed by atoms with E-state index in [0.717, 1.165) is 96.3 Å². The molecule has 6 heteroatoms. The molecule has 1 unspecified atom stereocenters. The van der Waals surface area contributed by atoms with Crippen molar-refractivity contribution < 1.29 is 28.6 Å². The second-order valence-corrected chi connectivity index (χ2v) is 20.6. The Kier molecular flexibility index (Phi) is 56.7. The normalized spacial score (nSPS) is 12.3. The lowest BCUT2D eigenvalue weighted by Crippen LogP contribution is -2.30. The molecule has 0 aromatic heterocycles. The predicted octanol–water partition coefficient (Wildman–Crippen LogP) is 20.6. The zero-order chi connectivity index (χ0) is 50.7. The molecule has 0 saturated carbocycles. The summed E-state index contributed by atoms with van der Waals surface area (Å²) < 4.78 is 16.9. The minimum Gasteiger partial charge on any atom is -0.462 e. The average Bonchev–Trinajstić information content (AvgIpc) is 3.36. The van der Waals surface area contributed by atoms with Gasteiger partial charge in [0.25, 0.3) is 0 Å². The maximum absolute atomic E-state index is 12.8. The van der Waals surface area contributed by atoms with Gasteiger partial charge in [0, 0.05) is 19.3 Å². The van der Waals surface area contributed by atoms with E-state index in [1.807, 2.05) is 0 Å². The van der Waals surface area contributed by atoms with Crippen molar-refractivity contribution in [2.24, 2.45) is 0 Å². The molecule has 0 aromatic rings. The van der Waals surface area contributed by atoms with Crippen LogP contribution in [0.2, 0.25) is 0 Å². The summed E-state index contributed by atoms with van der Waals surface area (Å²) in [5.41, 5.74) is 0. The Morgan fingerprint density at radius 3 is 0.943 bits per heavy atom. The first kappa shape index (κ1) is 67.4. The van der Waals surface area contributed by atoms with Crippen LogP contribution in [0, 0.1) is 0 Å². The minimum absolute atomic E-state index is 0.0769. The lowest BCUT2D eigenvalue weighted by atomic mass is 10.0. The van der Waals surface area contributed by atoms with Crippen LogP contribution in [0.4, 0.5) is 0 Å². The van der Waals surface area contributed by atoms with Gasteiger partial charge in [0.2, 0.25) is 0 Å². The summed E-state index contributed by atoms with van der Waals surface area (Å²) in [6.07, 6.45) is 72.7. The third-order valence-corrected chi connectivity index (χ3v) is 13.5. The Hall–Kier alpha value is -2.63. The highest BCUT2D eigenvalue weighted by Gasteiger charge is 2.19. The summed E-state index contributed by atoms with van der Waals surface area (Å²) in [6, 6.07) is 0. The molecule has 1 atom stereocenters. The van der Waals surface area contributed by atoms with Crippen molar-refractivity contribution in [3.63, 3.8) is 0 Å². The highest BCUT2D eigenvalue weighted by Crippen LogP contribution is 2.17. The number of hydrogen-bond acceptors (Lipinski definition) is 6. The van der Waals surface area contributed by atoms with Crippen molar-refractivity contribution in [2.75, 3.05) is 13.2 Å². The Balaban J connectivity index is 4.19. The Bertz CT molecular complexity index is 1220. The standard InChI is InChI=1S/C64H116O6/c1-4-7-10-13-16-19-22-24-26-28-29-30-31-32-33-34-35-37-38-40-42-45-48-51-54-57-63(66)69-60-61(59-68-62(65)56-53-50-47-44-21-18-15-12-9-6-3)70-64(67)58-55-52-49-46-43-41-39-36-27-25-23-20-17-14-11-8-5-2/h8,11-12,15,17,20,25,27,61H,4-7,9-10,13-14,16,18-19,21-24,26,28-60H2,1-3H3/b11-8-,15-12-,20-17-,27-25-. The molecule has 408 valence electrons. The van der Waals surface area contributed by atoms with Gasteiger partial charge in [0.15, 0.2) is 6.10 Å². The molecule has 0 radical (unpaired) electrons. The fourth-order valence-corrected chi connectivity index (χ4v) is 8.99. The smallest absolute Gasteiger partial charge is 0.306 e. The highest BCUT2D eigenvalue weighted by atomic mass is 16.6. The predicted molar refractivity (Wildman–Crippen MR) is 302 cm³/mol. The van der Waals surface area contributed by atoms with E-state index < -0.39 is 6.10 Å². The van der Waals surface area contributed by atoms with Gasteiger partial charge >= 0.3 is 17.9 Å². The molecule has 0 aliphatic rings. The molecule has 0 spiro atoms. The van der Waals surface area contributed by atoms with Crippen LogP contribution in [0.1, 0.15) is 323 Å². The molecule has 0 saturated heterocycles. The molecule has 0 aliphatic heterocycles. The van der Waals surface area contributed by atoms with Crippen LogP contribution in [0.5, 0.6) is 0 Å². The van der Waals surface area contributed by atoms with Crippen LogP contribution in [-0.4, -0.2) is 37.2 Å². The topological polar surface area (TPSA) is 78.9 Å². The summed E-state index contributed by atoms with van der Waals surface area (Å²) in [5.74, 6) is -0.882. The third kappa shape index (κ3) is 56.3. The van der Waals surface area contributed by atoms with Crippen LogP contribution in [0.3, 0.4) is 0 Å². The molecular formula is C64H116O6. The quantitative estimate of drug-likeness (QED) is 0.0261. The van der Waals surface area contributed by atoms with Gasteiger partial charge in [-0.15, -0.1) is 0 Å². The van der Waals surface area contributed by atoms with E-state index in [2.05, 4.69) is 69.4 Å². The number of allylic oxidation sites excluding steroid dienone is 8. The number of unbranched alkanes of at least 4 members (excludes halogenated alkanes) is 37. The summed E-state index contributed by atoms with van der Waals surface area (Å²) in [7, 11) is 0. The largest absolute Gasteiger partial charge is 0.462 e. The number of ether oxygens (including phenoxy) is 3. The van der Waals surface area contributed by atoms with Crippen LogP contribution in [0.25, 0.3) is 0 Å². The van der Waals surface area contributed by atoms with Crippen LogP contribution >= 0.6 is 0 Å². The minimum atomic E-state index is -0.779. The zero-order valence-electron chi connectivity index (χ0n) is 46.8. The van der Waals surface area contributed by atoms with E-state index in [1.165, 1.54) is 186 Å². The van der Waals surface area contributed by atoms with Gasteiger partial charge in [-0.3, -0.25) is 14.4 Å². The van der Waals surface area contributed by atoms with Crippen LogP contribution in [-0.2, 0) is 28.6 Å². The maximum Gasteiger partial charge on any atom is 0.306 e. The van der Waals surface area contributed by atoms with Crippen molar-refractivity contribution in [2.45, 2.75) is 329 Å². The molecular weight excluding hydrogens is 865 g/mol. The first-order chi connectivity index (χ1) is 34.5. The summed E-state index contributed by atoms with van der Waals surface area (Å²) in [6.45, 7) is 6.50. The van der Waals surface area contributed by atoms with Crippen molar-refractivity contribution in [3.8, 4) is 0 Å². The SMILES string of the molecule is CC/C=C\C/C=C\C/C=C\CCCCCCCCCC(=O)OC(COC(=O)CCCCCCC/C=C\CCC)COC(=O)CCCCCCCCCCCCCCCCCCCCCCCCCCC. The second kappa shape index (κ2) is 58.9. The summed E-state index contributed by atoms with van der Waals surface area (Å²) >= 11 is 0. The number of hydrogen-bond donors (Lipinski definition) is 0. The average molecular weight is 982 g/mol. The number of carbonyl (C=O) groups is 3. The molecule has 0 bridgehead atoms. The van der Waals surface area contributed by atoms with Crippen molar-refractivity contribution in [1.82, 2.24) is 0 Å². The van der Waals surface area contributed by atoms with Crippen molar-refractivity contribution >= 4 is 17.9 Å². The van der Waals surface area contributed by atoms with Crippen LogP contribution < -0.4 is 0 Å². The number of carbonyl (C=O) groups excluding carboxylic acids is 3. The van der Waals surface area contributed by atoms with E-state index in [4.69, 9.17) is 14.2 Å². The first-order valence-electron chi connectivity index (χ1n) is 30.6. The molecule has 0 aromatic carbocycles. The maximum atomic E-state index is 12.8. The fraction of sp³-hybridized carbons (Fsp3) is 0.828. The lowest BCUT2D eigenvalue weighted by Gasteiger charge is -2.18. The third-order valence-electron chi connectivity index (χ3n) is 13.5. The molecule has 0 amide bonds. The summed E-state index contributed by atoms with van der Waals surface area (Å²) in [5, 5.41) is 0. The molecule has 0 fully saturated rings. The van der Waals surface area contributed by atoms with Crippen molar-refractivity contribution in [3.05, 3.63) is 48.6 Å². The molecule has 70 heavy (non-hydrogen) atoms. The second-order valence-electron chi connectivity index (χ2n) is 20.6. The first-order valence-corrected chi connectivity index (χ1v) is 30.6.